The molecule has 3 aromatic rings. The molecule has 1 heterocycles. The van der Waals surface area contributed by atoms with Crippen molar-refractivity contribution in [2.75, 3.05) is 6.61 Å². The summed E-state index contributed by atoms with van der Waals surface area (Å²) in [7, 11) is 0. The molecule has 0 bridgehead atoms. The fraction of sp³-hybridized carbons (Fsp3) is 0.100. The van der Waals surface area contributed by atoms with Crippen molar-refractivity contribution >= 4 is 22.7 Å². The summed E-state index contributed by atoms with van der Waals surface area (Å²) in [6.45, 7) is 2.23. The van der Waals surface area contributed by atoms with Gasteiger partial charge in [-0.05, 0) is 48.4 Å². The van der Waals surface area contributed by atoms with E-state index in [1.54, 1.807) is 6.08 Å². The van der Waals surface area contributed by atoms with Crippen molar-refractivity contribution in [2.45, 2.75) is 6.92 Å². The molecule has 2 aromatic carbocycles. The third kappa shape index (κ3) is 3.29. The first-order valence-corrected chi connectivity index (χ1v) is 7.44. The van der Waals surface area contributed by atoms with Gasteiger partial charge in [0.1, 0.15) is 24.3 Å². The molecule has 4 heteroatoms. The molecule has 1 N–H and O–H groups in total. The maximum absolute atomic E-state index is 9.50. The highest BCUT2D eigenvalue weighted by Gasteiger charge is 2.08. The number of benzene rings is 2. The van der Waals surface area contributed by atoms with E-state index in [0.717, 1.165) is 22.2 Å². The number of nitrogens with zero attached hydrogens (tertiary/aromatic N) is 2. The zero-order chi connectivity index (χ0) is 16.9. The van der Waals surface area contributed by atoms with Crippen LogP contribution in [-0.2, 0) is 0 Å². The maximum Gasteiger partial charge on any atom is 0.149 e. The van der Waals surface area contributed by atoms with Gasteiger partial charge in [0.2, 0.25) is 0 Å². The molecule has 0 unspecified atom stereocenters. The smallest absolute Gasteiger partial charge is 0.149 e. The maximum atomic E-state index is 9.50. The second-order valence-electron chi connectivity index (χ2n) is 5.34. The van der Waals surface area contributed by atoms with E-state index in [0.29, 0.717) is 17.1 Å². The molecule has 0 radical (unpaired) electrons. The van der Waals surface area contributed by atoms with Crippen molar-refractivity contribution in [3.8, 4) is 24.2 Å². The van der Waals surface area contributed by atoms with Crippen molar-refractivity contribution in [3.05, 3.63) is 59.4 Å². The van der Waals surface area contributed by atoms with Crippen LogP contribution in [0.5, 0.6) is 5.75 Å². The van der Waals surface area contributed by atoms with Crippen molar-refractivity contribution in [1.29, 1.82) is 5.26 Å². The second-order valence-corrected chi connectivity index (χ2v) is 5.34. The Bertz CT molecular complexity index is 1000. The van der Waals surface area contributed by atoms with Crippen LogP contribution >= 0.6 is 0 Å². The fourth-order valence-corrected chi connectivity index (χ4v) is 2.39. The fourth-order valence-electron chi connectivity index (χ4n) is 2.39. The summed E-state index contributed by atoms with van der Waals surface area (Å²) in [6.07, 6.45) is 6.97. The predicted molar refractivity (Wildman–Crippen MR) is 95.1 cm³/mol. The lowest BCUT2D eigenvalue weighted by molar-refractivity contribution is 0.370. The standard InChI is InChI=1S/C20H15N3O/c1-3-9-24-17-6-4-5-15(12-17)11-16(13-21)20-22-18-8-7-14(2)10-19(18)23-20/h1,4-8,10-12H,9H2,2H3,(H,22,23). The van der Waals surface area contributed by atoms with Gasteiger partial charge in [0.25, 0.3) is 0 Å². The molecule has 0 saturated heterocycles. The van der Waals surface area contributed by atoms with Crippen molar-refractivity contribution in [1.82, 2.24) is 9.97 Å². The van der Waals surface area contributed by atoms with Crippen molar-refractivity contribution < 1.29 is 4.74 Å². The largest absolute Gasteiger partial charge is 0.481 e. The number of aryl methyl sites for hydroxylation is 1. The molecule has 0 aliphatic carbocycles. The summed E-state index contributed by atoms with van der Waals surface area (Å²) in [6, 6.07) is 15.6. The van der Waals surface area contributed by atoms with E-state index in [1.807, 2.05) is 49.4 Å². The third-order valence-corrected chi connectivity index (χ3v) is 3.50. The van der Waals surface area contributed by atoms with E-state index in [-0.39, 0.29) is 6.61 Å². The number of aromatic amines is 1. The minimum atomic E-state index is 0.210. The molecule has 3 rings (SSSR count). The molecule has 1 aromatic heterocycles. The summed E-state index contributed by atoms with van der Waals surface area (Å²) in [5, 5.41) is 9.50. The monoisotopic (exact) mass is 313 g/mol. The molecule has 0 aliphatic rings. The molecule has 0 aliphatic heterocycles. The van der Waals surface area contributed by atoms with E-state index in [2.05, 4.69) is 22.0 Å². The van der Waals surface area contributed by atoms with Crippen LogP contribution in [0.25, 0.3) is 22.7 Å². The first kappa shape index (κ1) is 15.4. The average Bonchev–Trinajstić information content (AvgIpc) is 3.01. The molecular formula is C20H15N3O. The average molecular weight is 313 g/mol. The predicted octanol–water partition coefficient (Wildman–Crippen LogP) is 3.95. The van der Waals surface area contributed by atoms with E-state index in [9.17, 15) is 5.26 Å². The highest BCUT2D eigenvalue weighted by atomic mass is 16.5. The van der Waals surface area contributed by atoms with Crippen molar-refractivity contribution in [2.24, 2.45) is 0 Å². The molecule has 24 heavy (non-hydrogen) atoms. The van der Waals surface area contributed by atoms with Crippen LogP contribution in [0.2, 0.25) is 0 Å². The molecule has 4 nitrogen and oxygen atoms in total. The van der Waals surface area contributed by atoms with Crippen LogP contribution < -0.4 is 4.74 Å². The lowest BCUT2D eigenvalue weighted by Gasteiger charge is -2.03. The van der Waals surface area contributed by atoms with Crippen molar-refractivity contribution in [3.63, 3.8) is 0 Å². The van der Waals surface area contributed by atoms with Gasteiger partial charge in [-0.2, -0.15) is 5.26 Å². The van der Waals surface area contributed by atoms with Crippen LogP contribution in [0.4, 0.5) is 0 Å². The molecule has 116 valence electrons. The molecule has 0 fully saturated rings. The van der Waals surface area contributed by atoms with Gasteiger partial charge in [0, 0.05) is 0 Å². The van der Waals surface area contributed by atoms with Crippen LogP contribution in [0.15, 0.2) is 42.5 Å². The number of rotatable bonds is 4. The summed E-state index contributed by atoms with van der Waals surface area (Å²) < 4.78 is 5.41. The van der Waals surface area contributed by atoms with E-state index in [4.69, 9.17) is 11.2 Å². The van der Waals surface area contributed by atoms with Gasteiger partial charge >= 0.3 is 0 Å². The number of imidazole rings is 1. The Morgan fingerprint density at radius 2 is 2.21 bits per heavy atom. The number of terminal acetylenes is 1. The summed E-state index contributed by atoms with van der Waals surface area (Å²) in [4.78, 5) is 7.69. The van der Waals surface area contributed by atoms with E-state index < -0.39 is 0 Å². The minimum Gasteiger partial charge on any atom is -0.481 e. The zero-order valence-electron chi connectivity index (χ0n) is 13.2. The SMILES string of the molecule is C#CCOc1cccc(C=C(C#N)c2nc3ccc(C)cc3[nH]2)c1. The minimum absolute atomic E-state index is 0.210. The molecule has 0 saturated carbocycles. The first-order chi connectivity index (χ1) is 11.7. The number of hydrogen-bond acceptors (Lipinski definition) is 3. The van der Waals surface area contributed by atoms with Gasteiger partial charge in [-0.3, -0.25) is 0 Å². The summed E-state index contributed by atoms with van der Waals surface area (Å²) in [5.41, 5.74) is 4.19. The second kappa shape index (κ2) is 6.73. The number of fused-ring (bicyclic) bond motifs is 1. The topological polar surface area (TPSA) is 61.7 Å². The summed E-state index contributed by atoms with van der Waals surface area (Å²) >= 11 is 0. The highest BCUT2D eigenvalue weighted by molar-refractivity contribution is 5.90. The Hall–Kier alpha value is -3.50. The Balaban J connectivity index is 1.97. The van der Waals surface area contributed by atoms with Gasteiger partial charge in [-0.15, -0.1) is 6.42 Å². The number of hydrogen-bond donors (Lipinski definition) is 1. The van der Waals surface area contributed by atoms with Gasteiger partial charge in [0.05, 0.1) is 16.6 Å². The quantitative estimate of drug-likeness (QED) is 0.586. The van der Waals surface area contributed by atoms with Crippen LogP contribution in [0, 0.1) is 30.6 Å². The zero-order valence-corrected chi connectivity index (χ0v) is 13.2. The Labute approximate surface area is 140 Å². The lowest BCUT2D eigenvalue weighted by Crippen LogP contribution is -1.93. The van der Waals surface area contributed by atoms with E-state index >= 15 is 0 Å². The van der Waals surface area contributed by atoms with E-state index in [1.165, 1.54) is 0 Å². The van der Waals surface area contributed by atoms with Gasteiger partial charge in [-0.1, -0.05) is 24.1 Å². The Morgan fingerprint density at radius 1 is 1.33 bits per heavy atom. The Kier molecular flexibility index (Phi) is 4.32. The summed E-state index contributed by atoms with van der Waals surface area (Å²) in [5.74, 6) is 3.64. The number of aromatic nitrogens is 2. The van der Waals surface area contributed by atoms with Crippen LogP contribution in [0.1, 0.15) is 17.0 Å². The number of nitrogens with one attached hydrogen (secondary N) is 1. The highest BCUT2D eigenvalue weighted by Crippen LogP contribution is 2.22. The normalized spacial score (nSPS) is 11.0. The van der Waals surface area contributed by atoms with Crippen LogP contribution in [0.3, 0.4) is 0 Å². The molecular weight excluding hydrogens is 298 g/mol. The number of allylic oxidation sites excluding steroid dienone is 1. The van der Waals surface area contributed by atoms with Gasteiger partial charge in [-0.25, -0.2) is 4.98 Å². The van der Waals surface area contributed by atoms with Gasteiger partial charge in [0.15, 0.2) is 0 Å². The first-order valence-electron chi connectivity index (χ1n) is 7.44. The molecule has 0 amide bonds. The lowest BCUT2D eigenvalue weighted by atomic mass is 10.1. The number of ether oxygens (including phenoxy) is 1. The number of H-pyrrole nitrogens is 1. The third-order valence-electron chi connectivity index (χ3n) is 3.50. The molecule has 0 atom stereocenters. The number of nitriles is 1. The van der Waals surface area contributed by atoms with Gasteiger partial charge < -0.3 is 9.72 Å². The Morgan fingerprint density at radius 3 is 3.00 bits per heavy atom. The molecule has 0 spiro atoms. The van der Waals surface area contributed by atoms with Crippen LogP contribution in [-0.4, -0.2) is 16.6 Å².